The van der Waals surface area contributed by atoms with Gasteiger partial charge in [0.25, 0.3) is 0 Å². The summed E-state index contributed by atoms with van der Waals surface area (Å²) in [5, 5.41) is 8.69. The van der Waals surface area contributed by atoms with Crippen molar-refractivity contribution < 1.29 is 9.90 Å². The summed E-state index contributed by atoms with van der Waals surface area (Å²) in [6.45, 7) is 0. The fourth-order valence-electron chi connectivity index (χ4n) is 1.30. The van der Waals surface area contributed by atoms with Gasteiger partial charge in [0.05, 0.1) is 0 Å². The topological polar surface area (TPSA) is 66.6 Å². The zero-order valence-corrected chi connectivity index (χ0v) is 8.97. The number of hydrogen-bond donors (Lipinski definition) is 2. The fourth-order valence-corrected chi connectivity index (χ4v) is 1.30. The van der Waals surface area contributed by atoms with Crippen molar-refractivity contribution in [1.29, 1.82) is 0 Å². The highest BCUT2D eigenvalue weighted by molar-refractivity contribution is 5.73. The van der Waals surface area contributed by atoms with Gasteiger partial charge in [0.1, 0.15) is 6.04 Å². The van der Waals surface area contributed by atoms with Crippen LogP contribution in [0, 0.1) is 0 Å². The highest BCUT2D eigenvalue weighted by Crippen LogP contribution is 2.14. The van der Waals surface area contributed by atoms with Gasteiger partial charge in [-0.25, -0.2) is 0 Å². The average Bonchev–Trinajstić information content (AvgIpc) is 2.18. The molecule has 1 aromatic rings. The first-order valence-corrected chi connectivity index (χ1v) is 4.75. The van der Waals surface area contributed by atoms with E-state index in [9.17, 15) is 4.79 Å². The molecule has 4 nitrogen and oxygen atoms in total. The quantitative estimate of drug-likeness (QED) is 0.764. The summed E-state index contributed by atoms with van der Waals surface area (Å²) in [5.74, 6) is -0.967. The lowest BCUT2D eigenvalue weighted by molar-refractivity contribution is -0.138. The van der Waals surface area contributed by atoms with Gasteiger partial charge in [0, 0.05) is 19.8 Å². The number of nitrogens with zero attached hydrogens (tertiary/aromatic N) is 1. The summed E-state index contributed by atoms with van der Waals surface area (Å²) in [6, 6.07) is 6.87. The Labute approximate surface area is 89.3 Å². The SMILES string of the molecule is CN(C)c1cccc(CC(N)C(=O)O)c1. The van der Waals surface area contributed by atoms with Crippen LogP contribution < -0.4 is 10.6 Å². The molecular formula is C11H16N2O2. The molecule has 0 radical (unpaired) electrons. The van der Waals surface area contributed by atoms with E-state index in [1.54, 1.807) is 0 Å². The van der Waals surface area contributed by atoms with E-state index in [-0.39, 0.29) is 0 Å². The fraction of sp³-hybridized carbons (Fsp3) is 0.364. The summed E-state index contributed by atoms with van der Waals surface area (Å²) in [7, 11) is 3.88. The molecule has 0 saturated carbocycles. The standard InChI is InChI=1S/C11H16N2O2/c1-13(2)9-5-3-4-8(6-9)7-10(12)11(14)15/h3-6,10H,7,12H2,1-2H3,(H,14,15). The first-order valence-electron chi connectivity index (χ1n) is 4.75. The molecule has 1 rings (SSSR count). The van der Waals surface area contributed by atoms with Gasteiger partial charge in [-0.2, -0.15) is 0 Å². The molecule has 0 spiro atoms. The maximum Gasteiger partial charge on any atom is 0.320 e. The zero-order chi connectivity index (χ0) is 11.4. The number of nitrogens with two attached hydrogens (primary N) is 1. The van der Waals surface area contributed by atoms with Crippen molar-refractivity contribution in [2.45, 2.75) is 12.5 Å². The number of carbonyl (C=O) groups is 1. The van der Waals surface area contributed by atoms with E-state index in [2.05, 4.69) is 0 Å². The Kier molecular flexibility index (Phi) is 3.68. The molecule has 1 atom stereocenters. The number of carboxylic acids is 1. The smallest absolute Gasteiger partial charge is 0.320 e. The van der Waals surface area contributed by atoms with Gasteiger partial charge in [-0.1, -0.05) is 12.1 Å². The molecule has 4 heteroatoms. The predicted molar refractivity (Wildman–Crippen MR) is 60.1 cm³/mol. The molecule has 0 bridgehead atoms. The van der Waals surface area contributed by atoms with Gasteiger partial charge in [-0.3, -0.25) is 4.79 Å². The van der Waals surface area contributed by atoms with Crippen molar-refractivity contribution in [3.8, 4) is 0 Å². The number of rotatable bonds is 4. The Morgan fingerprint density at radius 1 is 1.53 bits per heavy atom. The van der Waals surface area contributed by atoms with E-state index in [4.69, 9.17) is 10.8 Å². The predicted octanol–water partition coefficient (Wildman–Crippen LogP) is 0.707. The Balaban J connectivity index is 2.78. The highest BCUT2D eigenvalue weighted by Gasteiger charge is 2.12. The van der Waals surface area contributed by atoms with Gasteiger partial charge in [-0.05, 0) is 24.1 Å². The van der Waals surface area contributed by atoms with Gasteiger partial charge in [0.15, 0.2) is 0 Å². The Morgan fingerprint density at radius 3 is 2.73 bits per heavy atom. The second kappa shape index (κ2) is 4.79. The molecule has 3 N–H and O–H groups in total. The first-order chi connectivity index (χ1) is 7.00. The van der Waals surface area contributed by atoms with Crippen LogP contribution in [0.5, 0.6) is 0 Å². The highest BCUT2D eigenvalue weighted by atomic mass is 16.4. The number of aliphatic carboxylic acids is 1. The van der Waals surface area contributed by atoms with Gasteiger partial charge in [0.2, 0.25) is 0 Å². The third kappa shape index (κ3) is 3.25. The molecule has 0 saturated heterocycles. The minimum atomic E-state index is -0.967. The largest absolute Gasteiger partial charge is 0.480 e. The van der Waals surface area contributed by atoms with Crippen molar-refractivity contribution >= 4 is 11.7 Å². The number of benzene rings is 1. The summed E-state index contributed by atoms with van der Waals surface area (Å²) >= 11 is 0. The van der Waals surface area contributed by atoms with E-state index in [1.807, 2.05) is 43.3 Å². The van der Waals surface area contributed by atoms with Crippen molar-refractivity contribution in [3.05, 3.63) is 29.8 Å². The average molecular weight is 208 g/mol. The van der Waals surface area contributed by atoms with Crippen LogP contribution in [0.25, 0.3) is 0 Å². The Morgan fingerprint density at radius 2 is 2.20 bits per heavy atom. The molecule has 0 aliphatic rings. The zero-order valence-electron chi connectivity index (χ0n) is 8.97. The molecule has 1 unspecified atom stereocenters. The second-order valence-corrected chi connectivity index (χ2v) is 3.71. The van der Waals surface area contributed by atoms with Crippen LogP contribution in [-0.4, -0.2) is 31.2 Å². The normalized spacial score (nSPS) is 12.2. The molecule has 82 valence electrons. The summed E-state index contributed by atoms with van der Waals surface area (Å²) in [6.07, 6.45) is 0.358. The van der Waals surface area contributed by atoms with Crippen LogP contribution in [0.2, 0.25) is 0 Å². The Bertz CT molecular complexity index is 350. The number of hydrogen-bond acceptors (Lipinski definition) is 3. The summed E-state index contributed by atoms with van der Waals surface area (Å²) < 4.78 is 0. The van der Waals surface area contributed by atoms with E-state index < -0.39 is 12.0 Å². The van der Waals surface area contributed by atoms with Gasteiger partial charge < -0.3 is 15.7 Å². The van der Waals surface area contributed by atoms with Crippen molar-refractivity contribution in [2.75, 3.05) is 19.0 Å². The maximum absolute atomic E-state index is 10.6. The third-order valence-electron chi connectivity index (χ3n) is 2.20. The van der Waals surface area contributed by atoms with E-state index >= 15 is 0 Å². The molecule has 0 aromatic heterocycles. The van der Waals surface area contributed by atoms with Crippen molar-refractivity contribution in [3.63, 3.8) is 0 Å². The van der Waals surface area contributed by atoms with Crippen LogP contribution >= 0.6 is 0 Å². The lowest BCUT2D eigenvalue weighted by Gasteiger charge is -2.14. The van der Waals surface area contributed by atoms with E-state index in [1.165, 1.54) is 0 Å². The molecule has 1 aromatic carbocycles. The summed E-state index contributed by atoms with van der Waals surface area (Å²) in [5.41, 5.74) is 7.45. The van der Waals surface area contributed by atoms with Crippen molar-refractivity contribution in [2.24, 2.45) is 5.73 Å². The minimum absolute atomic E-state index is 0.358. The van der Waals surface area contributed by atoms with Gasteiger partial charge in [-0.15, -0.1) is 0 Å². The van der Waals surface area contributed by atoms with Gasteiger partial charge >= 0.3 is 5.97 Å². The third-order valence-corrected chi connectivity index (χ3v) is 2.20. The van der Waals surface area contributed by atoms with Crippen LogP contribution in [-0.2, 0) is 11.2 Å². The molecule has 0 aliphatic carbocycles. The minimum Gasteiger partial charge on any atom is -0.480 e. The molecule has 0 heterocycles. The van der Waals surface area contributed by atoms with Crippen LogP contribution in [0.15, 0.2) is 24.3 Å². The van der Waals surface area contributed by atoms with Crippen LogP contribution in [0.3, 0.4) is 0 Å². The van der Waals surface area contributed by atoms with Crippen LogP contribution in [0.1, 0.15) is 5.56 Å². The monoisotopic (exact) mass is 208 g/mol. The molecule has 15 heavy (non-hydrogen) atoms. The maximum atomic E-state index is 10.6. The van der Waals surface area contributed by atoms with Crippen LogP contribution in [0.4, 0.5) is 5.69 Å². The molecule has 0 fully saturated rings. The molecule has 0 amide bonds. The summed E-state index contributed by atoms with van der Waals surface area (Å²) in [4.78, 5) is 12.6. The lowest BCUT2D eigenvalue weighted by Crippen LogP contribution is -2.32. The molecular weight excluding hydrogens is 192 g/mol. The first kappa shape index (κ1) is 11.5. The Hall–Kier alpha value is -1.55. The number of carboxylic acid groups (broad SMARTS) is 1. The van der Waals surface area contributed by atoms with Crippen molar-refractivity contribution in [1.82, 2.24) is 0 Å². The van der Waals surface area contributed by atoms with E-state index in [0.29, 0.717) is 6.42 Å². The molecule has 0 aliphatic heterocycles. The lowest BCUT2D eigenvalue weighted by atomic mass is 10.1. The second-order valence-electron chi connectivity index (χ2n) is 3.71. The van der Waals surface area contributed by atoms with E-state index in [0.717, 1.165) is 11.3 Å². The number of anilines is 1.